The number of hydrogen-bond acceptors (Lipinski definition) is 9. The van der Waals surface area contributed by atoms with Crippen LogP contribution in [0.4, 0.5) is 0 Å². The van der Waals surface area contributed by atoms with Crippen LogP contribution in [0.15, 0.2) is 23.0 Å². The third-order valence-corrected chi connectivity index (χ3v) is 4.71. The summed E-state index contributed by atoms with van der Waals surface area (Å²) in [5, 5.41) is 22.0. The van der Waals surface area contributed by atoms with E-state index in [0.29, 0.717) is 61.2 Å². The number of rotatable bonds is 11. The Morgan fingerprint density at radius 3 is 2.60 bits per heavy atom. The number of H-pyrrole nitrogens is 1. The van der Waals surface area contributed by atoms with Crippen LogP contribution in [0.2, 0.25) is 0 Å². The van der Waals surface area contributed by atoms with Crippen LogP contribution in [0, 0.1) is 0 Å². The Bertz CT molecular complexity index is 1030. The van der Waals surface area contributed by atoms with Crippen molar-refractivity contribution in [3.8, 4) is 11.5 Å². The summed E-state index contributed by atoms with van der Waals surface area (Å²) in [5.74, 6) is 1.75. The molecule has 2 heterocycles. The van der Waals surface area contributed by atoms with Gasteiger partial charge in [0.2, 0.25) is 0 Å². The summed E-state index contributed by atoms with van der Waals surface area (Å²) in [6.45, 7) is 1.99. The van der Waals surface area contributed by atoms with Gasteiger partial charge in [0.05, 0.1) is 46.0 Å². The van der Waals surface area contributed by atoms with Gasteiger partial charge in [0.15, 0.2) is 17.3 Å². The summed E-state index contributed by atoms with van der Waals surface area (Å²) in [7, 11) is 4.72. The highest BCUT2D eigenvalue weighted by Crippen LogP contribution is 2.31. The van der Waals surface area contributed by atoms with Crippen molar-refractivity contribution >= 4 is 10.9 Å². The number of aliphatic hydroxyl groups excluding tert-OH is 1. The van der Waals surface area contributed by atoms with Crippen molar-refractivity contribution in [2.45, 2.75) is 19.6 Å². The molecule has 0 aliphatic rings. The summed E-state index contributed by atoms with van der Waals surface area (Å²) in [4.78, 5) is 17.5. The van der Waals surface area contributed by atoms with E-state index in [1.54, 1.807) is 32.1 Å². The number of methoxy groups -OCH3 is 3. The minimum absolute atomic E-state index is 0.0594. The quantitative estimate of drug-likeness (QED) is 0.448. The highest BCUT2D eigenvalue weighted by atomic mass is 16.5. The maximum atomic E-state index is 12.7. The highest BCUT2D eigenvalue weighted by molar-refractivity contribution is 5.83. The highest BCUT2D eigenvalue weighted by Gasteiger charge is 2.15. The molecule has 2 aromatic heterocycles. The second-order valence-electron chi connectivity index (χ2n) is 6.66. The largest absolute Gasteiger partial charge is 0.493 e. The first-order valence-electron chi connectivity index (χ1n) is 9.44. The van der Waals surface area contributed by atoms with Crippen LogP contribution in [-0.2, 0) is 24.4 Å². The molecule has 0 fully saturated rings. The predicted octanol–water partition coefficient (Wildman–Crippen LogP) is 0.173. The lowest BCUT2D eigenvalue weighted by molar-refractivity contribution is 0.167. The van der Waals surface area contributed by atoms with Gasteiger partial charge in [-0.15, -0.1) is 5.10 Å². The molecule has 11 heteroatoms. The average Bonchev–Trinajstić information content (AvgIpc) is 3.18. The predicted molar refractivity (Wildman–Crippen MR) is 109 cm³/mol. The molecule has 1 aromatic carbocycles. The molecule has 3 rings (SSSR count). The number of nitrogens with zero attached hydrogens (tertiary/aromatic N) is 5. The van der Waals surface area contributed by atoms with Crippen LogP contribution in [0.1, 0.15) is 11.4 Å². The van der Waals surface area contributed by atoms with Gasteiger partial charge in [-0.1, -0.05) is 0 Å². The molecular formula is C19H26N6O5. The molecule has 0 aliphatic heterocycles. The summed E-state index contributed by atoms with van der Waals surface area (Å²) in [6.07, 6.45) is 0. The number of benzene rings is 1. The van der Waals surface area contributed by atoms with E-state index in [1.807, 2.05) is 17.0 Å². The number of pyridine rings is 1. The molecule has 0 aliphatic carbocycles. The Morgan fingerprint density at radius 1 is 1.13 bits per heavy atom. The summed E-state index contributed by atoms with van der Waals surface area (Å²) >= 11 is 0. The lowest BCUT2D eigenvalue weighted by atomic mass is 10.1. The molecular weight excluding hydrogens is 392 g/mol. The van der Waals surface area contributed by atoms with Gasteiger partial charge < -0.3 is 24.3 Å². The molecule has 0 atom stereocenters. The van der Waals surface area contributed by atoms with Crippen LogP contribution in [0.3, 0.4) is 0 Å². The lowest BCUT2D eigenvalue weighted by Gasteiger charge is -2.20. The maximum Gasteiger partial charge on any atom is 0.252 e. The minimum atomic E-state index is -0.211. The second kappa shape index (κ2) is 10.1. The number of nitrogens with one attached hydrogen (secondary N) is 1. The molecule has 0 unspecified atom stereocenters. The summed E-state index contributed by atoms with van der Waals surface area (Å²) in [6, 6.07) is 5.36. The lowest BCUT2D eigenvalue weighted by Crippen LogP contribution is -2.30. The Balaban J connectivity index is 1.87. The Hall–Kier alpha value is -3.02. The van der Waals surface area contributed by atoms with E-state index in [4.69, 9.17) is 14.2 Å². The third kappa shape index (κ3) is 4.93. The number of aromatic nitrogens is 5. The fourth-order valence-corrected chi connectivity index (χ4v) is 3.18. The molecule has 2 N–H and O–H groups in total. The smallest absolute Gasteiger partial charge is 0.252 e. The first kappa shape index (κ1) is 21.7. The first-order valence-corrected chi connectivity index (χ1v) is 9.44. The Kier molecular flexibility index (Phi) is 7.33. The van der Waals surface area contributed by atoms with Gasteiger partial charge in [0.25, 0.3) is 5.56 Å². The SMILES string of the molecule is COCCn1nnnc1CN(CCO)Cc1cc2cc(OC)c(OC)cc2[nH]c1=O. The number of fused-ring (bicyclic) bond motifs is 1. The zero-order valence-corrected chi connectivity index (χ0v) is 17.3. The molecule has 0 saturated heterocycles. The molecule has 30 heavy (non-hydrogen) atoms. The van der Waals surface area contributed by atoms with E-state index < -0.39 is 0 Å². The first-order chi connectivity index (χ1) is 14.6. The van der Waals surface area contributed by atoms with Crippen LogP contribution in [-0.4, -0.2) is 76.3 Å². The number of hydrogen-bond donors (Lipinski definition) is 2. The van der Waals surface area contributed by atoms with Crippen LogP contribution >= 0.6 is 0 Å². The molecule has 11 nitrogen and oxygen atoms in total. The fraction of sp³-hybridized carbons (Fsp3) is 0.474. The monoisotopic (exact) mass is 418 g/mol. The van der Waals surface area contributed by atoms with Crippen molar-refractivity contribution < 1.29 is 19.3 Å². The van der Waals surface area contributed by atoms with Gasteiger partial charge in [-0.3, -0.25) is 9.69 Å². The Labute approximate surface area is 173 Å². The second-order valence-corrected chi connectivity index (χ2v) is 6.66. The van der Waals surface area contributed by atoms with Crippen LogP contribution in [0.5, 0.6) is 11.5 Å². The van der Waals surface area contributed by atoms with Crippen LogP contribution in [0.25, 0.3) is 10.9 Å². The van der Waals surface area contributed by atoms with Crippen molar-refractivity contribution in [2.75, 3.05) is 41.1 Å². The molecule has 0 radical (unpaired) electrons. The standard InChI is InChI=1S/C19H26N6O5/c1-28-7-5-25-18(21-22-23-25)12-24(4-6-26)11-14-8-13-9-16(29-2)17(30-3)10-15(13)20-19(14)27/h8-10,26H,4-7,11-12H2,1-3H3,(H,20,27). The van der Waals surface area contributed by atoms with Crippen molar-refractivity contribution in [3.63, 3.8) is 0 Å². The van der Waals surface area contributed by atoms with Crippen molar-refractivity contribution in [2.24, 2.45) is 0 Å². The molecule has 3 aromatic rings. The normalized spacial score (nSPS) is 11.4. The topological polar surface area (TPSA) is 128 Å². The van der Waals surface area contributed by atoms with E-state index in [0.717, 1.165) is 5.39 Å². The molecule has 0 saturated carbocycles. The molecule has 0 amide bonds. The van der Waals surface area contributed by atoms with Crippen LogP contribution < -0.4 is 15.0 Å². The molecule has 0 bridgehead atoms. The van der Waals surface area contributed by atoms with E-state index >= 15 is 0 Å². The van der Waals surface area contributed by atoms with Gasteiger partial charge in [-0.25, -0.2) is 4.68 Å². The summed E-state index contributed by atoms with van der Waals surface area (Å²) in [5.41, 5.74) is 0.995. The van der Waals surface area contributed by atoms with Crippen molar-refractivity contribution in [3.05, 3.63) is 39.9 Å². The van der Waals surface area contributed by atoms with Gasteiger partial charge in [-0.2, -0.15) is 0 Å². The summed E-state index contributed by atoms with van der Waals surface area (Å²) < 4.78 is 17.4. The van der Waals surface area contributed by atoms with E-state index in [2.05, 4.69) is 20.5 Å². The van der Waals surface area contributed by atoms with E-state index in [-0.39, 0.29) is 12.2 Å². The fourth-order valence-electron chi connectivity index (χ4n) is 3.18. The molecule has 0 spiro atoms. The maximum absolute atomic E-state index is 12.7. The van der Waals surface area contributed by atoms with Gasteiger partial charge in [-0.05, 0) is 22.6 Å². The number of tetrazole rings is 1. The zero-order chi connectivity index (χ0) is 21.5. The zero-order valence-electron chi connectivity index (χ0n) is 17.3. The number of aliphatic hydroxyl groups is 1. The Morgan fingerprint density at radius 2 is 1.90 bits per heavy atom. The third-order valence-electron chi connectivity index (χ3n) is 4.71. The number of ether oxygens (including phenoxy) is 3. The van der Waals surface area contributed by atoms with Gasteiger partial charge in [0.1, 0.15) is 0 Å². The van der Waals surface area contributed by atoms with E-state index in [1.165, 1.54) is 0 Å². The number of aromatic amines is 1. The van der Waals surface area contributed by atoms with Crippen molar-refractivity contribution in [1.82, 2.24) is 30.1 Å². The van der Waals surface area contributed by atoms with Gasteiger partial charge in [0, 0.05) is 37.2 Å². The average molecular weight is 418 g/mol. The van der Waals surface area contributed by atoms with Gasteiger partial charge >= 0.3 is 0 Å². The van der Waals surface area contributed by atoms with E-state index in [9.17, 15) is 9.90 Å². The van der Waals surface area contributed by atoms with Crippen molar-refractivity contribution in [1.29, 1.82) is 0 Å². The minimum Gasteiger partial charge on any atom is -0.493 e. The molecule has 162 valence electrons.